The zero-order chi connectivity index (χ0) is 16.5. The van der Waals surface area contributed by atoms with Gasteiger partial charge in [0.05, 0.1) is 22.9 Å². The van der Waals surface area contributed by atoms with Gasteiger partial charge in [0.1, 0.15) is 12.4 Å². The van der Waals surface area contributed by atoms with Crippen molar-refractivity contribution in [3.8, 4) is 5.75 Å². The Hall–Kier alpha value is -1.50. The maximum atomic E-state index is 12.3. The molecular weight excluding hydrogens is 306 g/mol. The summed E-state index contributed by atoms with van der Waals surface area (Å²) in [5, 5.41) is 12.0. The fraction of sp³-hybridized carbons (Fsp3) is 0.533. The number of halogens is 1. The van der Waals surface area contributed by atoms with Gasteiger partial charge in [-0.25, -0.2) is 0 Å². The highest BCUT2D eigenvalue weighted by Crippen LogP contribution is 2.29. The van der Waals surface area contributed by atoms with Crippen molar-refractivity contribution < 1.29 is 14.6 Å². The molecule has 1 amide bonds. The van der Waals surface area contributed by atoms with E-state index in [4.69, 9.17) is 27.2 Å². The molecule has 0 aliphatic heterocycles. The van der Waals surface area contributed by atoms with Gasteiger partial charge in [-0.1, -0.05) is 25.4 Å². The van der Waals surface area contributed by atoms with Crippen molar-refractivity contribution in [2.75, 3.05) is 45.1 Å². The van der Waals surface area contributed by atoms with Crippen LogP contribution in [0.5, 0.6) is 5.75 Å². The Morgan fingerprint density at radius 1 is 1.41 bits per heavy atom. The molecule has 0 saturated heterocycles. The normalized spacial score (nSPS) is 10.8. The molecule has 22 heavy (non-hydrogen) atoms. The Bertz CT molecular complexity index is 493. The van der Waals surface area contributed by atoms with Crippen LogP contribution in [0, 0.1) is 0 Å². The smallest absolute Gasteiger partial charge is 0.255 e. The molecule has 0 bridgehead atoms. The van der Waals surface area contributed by atoms with Gasteiger partial charge in [-0.05, 0) is 19.2 Å². The van der Waals surface area contributed by atoms with E-state index in [-0.39, 0.29) is 19.1 Å². The van der Waals surface area contributed by atoms with Gasteiger partial charge in [-0.15, -0.1) is 0 Å². The summed E-state index contributed by atoms with van der Waals surface area (Å²) in [6.07, 6.45) is 0. The highest BCUT2D eigenvalue weighted by atomic mass is 35.5. The second kappa shape index (κ2) is 9.50. The van der Waals surface area contributed by atoms with Gasteiger partial charge in [0.15, 0.2) is 0 Å². The molecule has 4 N–H and O–H groups in total. The fourth-order valence-corrected chi connectivity index (χ4v) is 2.15. The molecule has 1 rings (SSSR count). The van der Waals surface area contributed by atoms with Gasteiger partial charge in [0.25, 0.3) is 5.91 Å². The van der Waals surface area contributed by atoms with E-state index in [0.717, 1.165) is 19.6 Å². The number of hydrogen-bond donors (Lipinski definition) is 3. The molecule has 0 saturated carbocycles. The van der Waals surface area contributed by atoms with Gasteiger partial charge in [-0.2, -0.15) is 0 Å². The summed E-state index contributed by atoms with van der Waals surface area (Å²) in [4.78, 5) is 14.5. The molecule has 0 fully saturated rings. The Morgan fingerprint density at radius 2 is 2.09 bits per heavy atom. The summed E-state index contributed by atoms with van der Waals surface area (Å²) in [6.45, 7) is 7.26. The first-order chi connectivity index (χ1) is 10.5. The van der Waals surface area contributed by atoms with Crippen LogP contribution in [0.4, 0.5) is 5.69 Å². The SMILES string of the molecule is CCN(CC)CCNC(=O)c1cc(Cl)c(N)cc1OCCO. The average molecular weight is 330 g/mol. The monoisotopic (exact) mass is 329 g/mol. The third kappa shape index (κ3) is 5.36. The molecule has 0 unspecified atom stereocenters. The van der Waals surface area contributed by atoms with Crippen molar-refractivity contribution in [1.29, 1.82) is 0 Å². The lowest BCUT2D eigenvalue weighted by molar-refractivity contribution is 0.0943. The molecule has 0 aliphatic rings. The number of ether oxygens (including phenoxy) is 1. The average Bonchev–Trinajstić information content (AvgIpc) is 2.52. The Kier molecular flexibility index (Phi) is 8.01. The van der Waals surface area contributed by atoms with E-state index in [2.05, 4.69) is 24.1 Å². The van der Waals surface area contributed by atoms with Crippen LogP contribution in [0.3, 0.4) is 0 Å². The van der Waals surface area contributed by atoms with Crippen LogP contribution in [0.15, 0.2) is 12.1 Å². The minimum atomic E-state index is -0.276. The van der Waals surface area contributed by atoms with E-state index < -0.39 is 0 Å². The standard InChI is InChI=1S/C15H24ClN3O3/c1-3-19(4-2)6-5-18-15(21)11-9-12(16)13(17)10-14(11)22-8-7-20/h9-10,20H,3-8,17H2,1-2H3,(H,18,21). The largest absolute Gasteiger partial charge is 0.490 e. The Labute approximate surface area is 136 Å². The number of benzene rings is 1. The third-order valence-electron chi connectivity index (χ3n) is 3.30. The Balaban J connectivity index is 2.76. The molecule has 0 spiro atoms. The molecule has 124 valence electrons. The molecule has 7 heteroatoms. The van der Waals surface area contributed by atoms with Crippen molar-refractivity contribution in [2.45, 2.75) is 13.8 Å². The number of carbonyl (C=O) groups excluding carboxylic acids is 1. The van der Waals surface area contributed by atoms with Gasteiger partial charge in [0.2, 0.25) is 0 Å². The number of nitrogen functional groups attached to an aromatic ring is 1. The number of hydrogen-bond acceptors (Lipinski definition) is 5. The minimum Gasteiger partial charge on any atom is -0.490 e. The number of nitrogens with zero attached hydrogens (tertiary/aromatic N) is 1. The second-order valence-corrected chi connectivity index (χ2v) is 5.13. The van der Waals surface area contributed by atoms with E-state index in [0.29, 0.717) is 28.6 Å². The maximum absolute atomic E-state index is 12.3. The zero-order valence-electron chi connectivity index (χ0n) is 13.1. The maximum Gasteiger partial charge on any atom is 0.255 e. The topological polar surface area (TPSA) is 87.8 Å². The number of aliphatic hydroxyl groups is 1. The molecular formula is C15H24ClN3O3. The van der Waals surface area contributed by atoms with Crippen molar-refractivity contribution in [2.24, 2.45) is 0 Å². The highest BCUT2D eigenvalue weighted by molar-refractivity contribution is 6.33. The van der Waals surface area contributed by atoms with Gasteiger partial charge in [-0.3, -0.25) is 4.79 Å². The number of rotatable bonds is 9. The summed E-state index contributed by atoms with van der Waals surface area (Å²) < 4.78 is 5.35. The number of amides is 1. The molecule has 6 nitrogen and oxygen atoms in total. The summed E-state index contributed by atoms with van der Waals surface area (Å²) >= 11 is 5.98. The number of anilines is 1. The van der Waals surface area contributed by atoms with Crippen molar-refractivity contribution in [3.63, 3.8) is 0 Å². The van der Waals surface area contributed by atoms with Crippen LogP contribution in [0.1, 0.15) is 24.2 Å². The summed E-state index contributed by atoms with van der Waals surface area (Å²) in [7, 11) is 0. The summed E-state index contributed by atoms with van der Waals surface area (Å²) in [5.74, 6) is 0.0401. The predicted molar refractivity (Wildman–Crippen MR) is 88.6 cm³/mol. The van der Waals surface area contributed by atoms with Gasteiger partial charge < -0.3 is 25.8 Å². The highest BCUT2D eigenvalue weighted by Gasteiger charge is 2.15. The first-order valence-corrected chi connectivity index (χ1v) is 7.74. The first-order valence-electron chi connectivity index (χ1n) is 7.36. The van der Waals surface area contributed by atoms with E-state index >= 15 is 0 Å². The molecule has 0 aliphatic carbocycles. The van der Waals surface area contributed by atoms with Gasteiger partial charge >= 0.3 is 0 Å². The molecule has 0 atom stereocenters. The van der Waals surface area contributed by atoms with Crippen molar-refractivity contribution in [1.82, 2.24) is 10.2 Å². The molecule has 1 aromatic carbocycles. The van der Waals surface area contributed by atoms with E-state index in [1.54, 1.807) is 0 Å². The minimum absolute atomic E-state index is 0.0841. The lowest BCUT2D eigenvalue weighted by atomic mass is 10.1. The first kappa shape index (κ1) is 18.5. The van der Waals surface area contributed by atoms with Gasteiger partial charge in [0, 0.05) is 19.2 Å². The number of nitrogens with one attached hydrogen (secondary N) is 1. The number of nitrogens with two attached hydrogens (primary N) is 1. The molecule has 1 aromatic rings. The number of carbonyl (C=O) groups is 1. The van der Waals surface area contributed by atoms with Crippen LogP contribution in [0.2, 0.25) is 5.02 Å². The summed E-state index contributed by atoms with van der Waals surface area (Å²) in [6, 6.07) is 2.98. The zero-order valence-corrected chi connectivity index (χ0v) is 13.8. The Morgan fingerprint density at radius 3 is 2.68 bits per heavy atom. The molecule has 0 radical (unpaired) electrons. The lowest BCUT2D eigenvalue weighted by Gasteiger charge is -2.18. The quantitative estimate of drug-likeness (QED) is 0.595. The second-order valence-electron chi connectivity index (χ2n) is 4.72. The lowest BCUT2D eigenvalue weighted by Crippen LogP contribution is -2.35. The fourth-order valence-electron chi connectivity index (χ4n) is 1.98. The molecule has 0 heterocycles. The molecule has 0 aromatic heterocycles. The van der Waals surface area contributed by atoms with E-state index in [9.17, 15) is 4.79 Å². The predicted octanol–water partition coefficient (Wildman–Crippen LogP) is 1.36. The number of aliphatic hydroxyl groups excluding tert-OH is 1. The van der Waals surface area contributed by atoms with Crippen molar-refractivity contribution >= 4 is 23.2 Å². The van der Waals surface area contributed by atoms with Crippen LogP contribution in [-0.2, 0) is 0 Å². The van der Waals surface area contributed by atoms with E-state index in [1.807, 2.05) is 0 Å². The van der Waals surface area contributed by atoms with Crippen LogP contribution in [-0.4, -0.2) is 55.3 Å². The number of likely N-dealkylation sites (N-methyl/N-ethyl adjacent to an activating group) is 1. The van der Waals surface area contributed by atoms with Crippen LogP contribution in [0.25, 0.3) is 0 Å². The summed E-state index contributed by atoms with van der Waals surface area (Å²) in [5.41, 5.74) is 6.36. The van der Waals surface area contributed by atoms with Crippen LogP contribution < -0.4 is 15.8 Å². The van der Waals surface area contributed by atoms with Crippen molar-refractivity contribution in [3.05, 3.63) is 22.7 Å². The van der Waals surface area contributed by atoms with Crippen LogP contribution >= 0.6 is 11.6 Å². The van der Waals surface area contributed by atoms with E-state index in [1.165, 1.54) is 12.1 Å². The third-order valence-corrected chi connectivity index (χ3v) is 3.63.